The fraction of sp³-hybridized carbons (Fsp3) is 0.429. The Kier molecular flexibility index (Phi) is 7.85. The van der Waals surface area contributed by atoms with Crippen molar-refractivity contribution >= 4 is 29.0 Å². The van der Waals surface area contributed by atoms with E-state index < -0.39 is 0 Å². The number of likely N-dealkylation sites (tertiary alicyclic amines) is 1. The largest absolute Gasteiger partial charge is 0.347 e. The lowest BCUT2D eigenvalue weighted by Crippen LogP contribution is -2.36. The van der Waals surface area contributed by atoms with Crippen LogP contribution in [0.2, 0.25) is 0 Å². The van der Waals surface area contributed by atoms with Crippen molar-refractivity contribution in [3.8, 4) is 11.1 Å². The van der Waals surface area contributed by atoms with Gasteiger partial charge in [-0.05, 0) is 74.3 Å². The molecule has 7 nitrogen and oxygen atoms in total. The molecule has 0 aliphatic carbocycles. The van der Waals surface area contributed by atoms with Crippen molar-refractivity contribution in [3.05, 3.63) is 63.7 Å². The van der Waals surface area contributed by atoms with Gasteiger partial charge in [-0.3, -0.25) is 9.59 Å². The van der Waals surface area contributed by atoms with Crippen LogP contribution in [0.25, 0.3) is 11.1 Å². The van der Waals surface area contributed by atoms with Crippen LogP contribution in [0.1, 0.15) is 59.4 Å². The maximum absolute atomic E-state index is 12.7. The van der Waals surface area contributed by atoms with Gasteiger partial charge in [0.1, 0.15) is 10.7 Å². The number of aryl methyl sites for hydroxylation is 1. The molecule has 36 heavy (non-hydrogen) atoms. The van der Waals surface area contributed by atoms with Crippen LogP contribution in [0.3, 0.4) is 0 Å². The maximum atomic E-state index is 12.7. The molecule has 0 spiro atoms. The molecule has 0 radical (unpaired) electrons. The minimum Gasteiger partial charge on any atom is -0.347 e. The fourth-order valence-corrected chi connectivity index (χ4v) is 5.13. The summed E-state index contributed by atoms with van der Waals surface area (Å²) in [5, 5.41) is 6.97. The normalized spacial score (nSPS) is 15.0. The van der Waals surface area contributed by atoms with Crippen LogP contribution in [0.5, 0.6) is 0 Å². The van der Waals surface area contributed by atoms with Gasteiger partial charge in [-0.1, -0.05) is 39.0 Å². The van der Waals surface area contributed by atoms with Gasteiger partial charge in [-0.25, -0.2) is 9.97 Å². The number of nitrogens with zero attached hydrogens (tertiary/aromatic N) is 3. The zero-order chi connectivity index (χ0) is 25.9. The van der Waals surface area contributed by atoms with E-state index in [2.05, 4.69) is 59.4 Å². The molecule has 3 aromatic rings. The van der Waals surface area contributed by atoms with Crippen molar-refractivity contribution in [2.24, 2.45) is 5.92 Å². The second kappa shape index (κ2) is 10.9. The van der Waals surface area contributed by atoms with Gasteiger partial charge in [-0.2, -0.15) is 0 Å². The Morgan fingerprint density at radius 3 is 2.47 bits per heavy atom. The quantitative estimate of drug-likeness (QED) is 0.491. The van der Waals surface area contributed by atoms with Crippen LogP contribution < -0.4 is 10.6 Å². The molecular formula is C28H35N5O2S. The highest BCUT2D eigenvalue weighted by atomic mass is 32.1. The van der Waals surface area contributed by atoms with Gasteiger partial charge < -0.3 is 15.5 Å². The van der Waals surface area contributed by atoms with Crippen molar-refractivity contribution in [1.82, 2.24) is 20.2 Å². The molecule has 1 saturated heterocycles. The van der Waals surface area contributed by atoms with Gasteiger partial charge in [0.25, 0.3) is 5.91 Å². The molecule has 0 bridgehead atoms. The van der Waals surface area contributed by atoms with E-state index in [0.29, 0.717) is 17.2 Å². The summed E-state index contributed by atoms with van der Waals surface area (Å²) in [5.74, 6) is 0.550. The number of benzene rings is 1. The molecule has 0 atom stereocenters. The smallest absolute Gasteiger partial charge is 0.263 e. The van der Waals surface area contributed by atoms with E-state index in [-0.39, 0.29) is 23.1 Å². The number of rotatable bonds is 6. The number of aromatic nitrogens is 2. The van der Waals surface area contributed by atoms with E-state index in [1.54, 1.807) is 12.4 Å². The van der Waals surface area contributed by atoms with Gasteiger partial charge in [0.15, 0.2) is 0 Å². The lowest BCUT2D eigenvalue weighted by molar-refractivity contribution is -0.121. The minimum absolute atomic E-state index is 0.0356. The molecule has 1 fully saturated rings. The van der Waals surface area contributed by atoms with Gasteiger partial charge in [-0.15, -0.1) is 11.3 Å². The van der Waals surface area contributed by atoms with Crippen molar-refractivity contribution in [2.45, 2.75) is 52.5 Å². The second-order valence-corrected chi connectivity index (χ2v) is 11.6. The zero-order valence-electron chi connectivity index (χ0n) is 21.7. The average molecular weight is 506 g/mol. The number of hydrogen-bond donors (Lipinski definition) is 2. The molecule has 8 heteroatoms. The van der Waals surface area contributed by atoms with Crippen LogP contribution >= 0.6 is 11.3 Å². The predicted molar refractivity (Wildman–Crippen MR) is 145 cm³/mol. The number of nitrogens with one attached hydrogen (secondary N) is 2. The summed E-state index contributed by atoms with van der Waals surface area (Å²) in [6, 6.07) is 10.0. The summed E-state index contributed by atoms with van der Waals surface area (Å²) >= 11 is 1.44. The first kappa shape index (κ1) is 26.0. The van der Waals surface area contributed by atoms with Gasteiger partial charge in [0.05, 0.1) is 11.2 Å². The number of pyridine rings is 1. The van der Waals surface area contributed by atoms with Crippen LogP contribution in [0.4, 0.5) is 5.82 Å². The topological polar surface area (TPSA) is 87.2 Å². The van der Waals surface area contributed by atoms with Crippen LogP contribution in [-0.4, -0.2) is 46.8 Å². The SMILES string of the molecule is Cc1cc(-c2ccnc(NC(=O)C3CCN(C)CC3)c2)ccc1CNC(=O)c1cnc(C(C)(C)C)s1. The third-order valence-corrected chi connectivity index (χ3v) is 8.01. The summed E-state index contributed by atoms with van der Waals surface area (Å²) in [6.45, 7) is 10.6. The number of carbonyl (C=O) groups is 2. The van der Waals surface area contributed by atoms with E-state index in [4.69, 9.17) is 0 Å². The number of carbonyl (C=O) groups excluding carboxylic acids is 2. The molecule has 3 heterocycles. The molecule has 1 aliphatic rings. The van der Waals surface area contributed by atoms with E-state index in [0.717, 1.165) is 53.2 Å². The van der Waals surface area contributed by atoms with Crippen LogP contribution in [0, 0.1) is 12.8 Å². The lowest BCUT2D eigenvalue weighted by Gasteiger charge is -2.27. The zero-order valence-corrected chi connectivity index (χ0v) is 22.5. The Balaban J connectivity index is 1.39. The summed E-state index contributed by atoms with van der Waals surface area (Å²) in [4.78, 5) is 37.0. The Morgan fingerprint density at radius 2 is 1.81 bits per heavy atom. The van der Waals surface area contributed by atoms with Crippen LogP contribution in [-0.2, 0) is 16.8 Å². The summed E-state index contributed by atoms with van der Waals surface area (Å²) in [5.41, 5.74) is 4.09. The molecule has 190 valence electrons. The van der Waals surface area contributed by atoms with Crippen molar-refractivity contribution in [2.75, 3.05) is 25.5 Å². The summed E-state index contributed by atoms with van der Waals surface area (Å²) < 4.78 is 0. The Hall–Kier alpha value is -3.10. The van der Waals surface area contributed by atoms with Crippen molar-refractivity contribution in [3.63, 3.8) is 0 Å². The standard InChI is InChI=1S/C28H35N5O2S/c1-18-14-20(6-7-22(18)16-30-26(35)23-17-31-27(36-23)28(2,3)4)21-8-11-29-24(15-21)32-25(34)19-9-12-33(5)13-10-19/h6-8,11,14-15,17,19H,9-10,12-13,16H2,1-5H3,(H,30,35)(H,29,32,34). The first-order valence-corrected chi connectivity index (χ1v) is 13.2. The Labute approximate surface area is 217 Å². The van der Waals surface area contributed by atoms with E-state index in [1.807, 2.05) is 31.2 Å². The van der Waals surface area contributed by atoms with Gasteiger partial charge in [0, 0.05) is 24.1 Å². The first-order valence-electron chi connectivity index (χ1n) is 12.4. The Morgan fingerprint density at radius 1 is 1.08 bits per heavy atom. The third kappa shape index (κ3) is 6.36. The van der Waals surface area contributed by atoms with E-state index in [9.17, 15) is 9.59 Å². The highest BCUT2D eigenvalue weighted by molar-refractivity contribution is 7.13. The minimum atomic E-state index is -0.106. The van der Waals surface area contributed by atoms with E-state index in [1.165, 1.54) is 11.3 Å². The highest BCUT2D eigenvalue weighted by Gasteiger charge is 2.24. The first-order chi connectivity index (χ1) is 17.1. The molecule has 0 unspecified atom stereocenters. The molecular weight excluding hydrogens is 470 g/mol. The third-order valence-electron chi connectivity index (χ3n) is 6.59. The number of piperidine rings is 1. The van der Waals surface area contributed by atoms with Crippen molar-refractivity contribution in [1.29, 1.82) is 0 Å². The lowest BCUT2D eigenvalue weighted by atomic mass is 9.96. The number of thiazole rings is 1. The number of anilines is 1. The maximum Gasteiger partial charge on any atom is 0.263 e. The van der Waals surface area contributed by atoms with Crippen molar-refractivity contribution < 1.29 is 9.59 Å². The second-order valence-electron chi connectivity index (χ2n) is 10.6. The highest BCUT2D eigenvalue weighted by Crippen LogP contribution is 2.27. The molecule has 1 aliphatic heterocycles. The summed E-state index contributed by atoms with van der Waals surface area (Å²) in [7, 11) is 2.09. The predicted octanol–water partition coefficient (Wildman–Crippen LogP) is 5.02. The van der Waals surface area contributed by atoms with Gasteiger partial charge in [0.2, 0.25) is 5.91 Å². The Bertz CT molecular complexity index is 1240. The van der Waals surface area contributed by atoms with E-state index >= 15 is 0 Å². The molecule has 2 N–H and O–H groups in total. The number of hydrogen-bond acceptors (Lipinski definition) is 6. The van der Waals surface area contributed by atoms with Crippen LogP contribution in [0.15, 0.2) is 42.7 Å². The molecule has 0 saturated carbocycles. The summed E-state index contributed by atoms with van der Waals surface area (Å²) in [6.07, 6.45) is 5.13. The number of amides is 2. The monoisotopic (exact) mass is 505 g/mol. The molecule has 2 amide bonds. The molecule has 1 aromatic carbocycles. The molecule has 2 aromatic heterocycles. The van der Waals surface area contributed by atoms with Gasteiger partial charge >= 0.3 is 0 Å². The molecule has 4 rings (SSSR count). The fourth-order valence-electron chi connectivity index (χ4n) is 4.24. The average Bonchev–Trinajstić information content (AvgIpc) is 3.35.